The van der Waals surface area contributed by atoms with E-state index < -0.39 is 11.9 Å². The van der Waals surface area contributed by atoms with Gasteiger partial charge in [0.25, 0.3) is 0 Å². The van der Waals surface area contributed by atoms with Crippen molar-refractivity contribution in [2.75, 3.05) is 78.5 Å². The zero-order valence-corrected chi connectivity index (χ0v) is 34.4. The zero-order valence-electron chi connectivity index (χ0n) is 34.4. The van der Waals surface area contributed by atoms with Crippen molar-refractivity contribution < 1.29 is 32.2 Å². The van der Waals surface area contributed by atoms with Crippen molar-refractivity contribution in [1.82, 2.24) is 35.3 Å². The fraction of sp³-hybridized carbons (Fsp3) is 0.500. The molecule has 4 N–H and O–H groups in total. The number of hydrogen-bond donors (Lipinski definition) is 3. The van der Waals surface area contributed by atoms with Crippen LogP contribution < -0.4 is 25.8 Å². The number of nitrogens with two attached hydrogens (primary N) is 1. The molecular weight excluding hydrogens is 752 g/mol. The standard InChI is InChI=1S/C19H26N2O2.C11H16N4O.C10H12F3N3O.C2H6/c1-15-14-16(10-11-20)4-9-19(15)23-18-7-5-17(6-8-18)22-13-3-12-21-2;1-14-4-6-15(7-5-14)8-10-2-3-11(9-16)13-12-10;11-10(12,13)8-4-14-5-9(16-8)15-7-2-1-3-17-6-7;1-2/h4-9,14,21H,3,10-13,20H2,1-2H3;2-3,9H,4-8H2,1H3;4-5,7H,1-3,6H2,(H,15,16);1-2H3. The summed E-state index contributed by atoms with van der Waals surface area (Å²) in [5.41, 5.74) is 8.27. The molecule has 0 amide bonds. The Morgan fingerprint density at radius 1 is 1.00 bits per heavy atom. The number of likely N-dealkylation sites (N-methyl/N-ethyl adjacent to an activating group) is 1. The second-order valence-corrected chi connectivity index (χ2v) is 13.5. The number of aryl methyl sites for hydroxylation is 1. The van der Waals surface area contributed by atoms with Crippen LogP contribution in [0.1, 0.15) is 66.1 Å². The molecule has 1 unspecified atom stereocenters. The number of hydrogen-bond acceptors (Lipinski definition) is 13. The third kappa shape index (κ3) is 17.8. The topological polar surface area (TPSA) is 153 Å². The molecule has 16 heteroatoms. The first-order valence-corrected chi connectivity index (χ1v) is 19.8. The van der Waals surface area contributed by atoms with Crippen molar-refractivity contribution in [3.63, 3.8) is 0 Å². The molecule has 13 nitrogen and oxygen atoms in total. The molecule has 6 rings (SSSR count). The molecule has 2 aromatic heterocycles. The molecule has 2 fully saturated rings. The highest BCUT2D eigenvalue weighted by molar-refractivity contribution is 5.71. The number of carbonyl (C=O) groups is 1. The number of alkyl halides is 3. The Kier molecular flexibility index (Phi) is 21.6. The van der Waals surface area contributed by atoms with Crippen LogP contribution in [0.2, 0.25) is 0 Å². The van der Waals surface area contributed by atoms with Crippen LogP contribution in [0.15, 0.2) is 67.0 Å². The van der Waals surface area contributed by atoms with E-state index in [4.69, 9.17) is 19.9 Å². The highest BCUT2D eigenvalue weighted by atomic mass is 19.4. The van der Waals surface area contributed by atoms with Crippen molar-refractivity contribution in [1.29, 1.82) is 0 Å². The molecule has 0 saturated carbocycles. The van der Waals surface area contributed by atoms with Gasteiger partial charge in [-0.25, -0.2) is 4.98 Å². The van der Waals surface area contributed by atoms with Crippen LogP contribution in [-0.4, -0.2) is 115 Å². The van der Waals surface area contributed by atoms with Gasteiger partial charge in [0.05, 0.1) is 37.3 Å². The Hall–Kier alpha value is -4.74. The van der Waals surface area contributed by atoms with Gasteiger partial charge in [-0.1, -0.05) is 26.0 Å². The van der Waals surface area contributed by atoms with E-state index >= 15 is 0 Å². The first kappa shape index (κ1) is 47.6. The predicted molar refractivity (Wildman–Crippen MR) is 221 cm³/mol. The predicted octanol–water partition coefficient (Wildman–Crippen LogP) is 6.43. The Balaban J connectivity index is 0.000000232. The maximum Gasteiger partial charge on any atom is 0.434 e. The molecule has 0 bridgehead atoms. The lowest BCUT2D eigenvalue weighted by Crippen LogP contribution is -2.44. The summed E-state index contributed by atoms with van der Waals surface area (Å²) in [6, 6.07) is 17.5. The van der Waals surface area contributed by atoms with Gasteiger partial charge in [-0.2, -0.15) is 18.3 Å². The van der Waals surface area contributed by atoms with Crippen molar-refractivity contribution in [3.8, 4) is 17.2 Å². The van der Waals surface area contributed by atoms with Crippen molar-refractivity contribution >= 4 is 12.1 Å². The third-order valence-electron chi connectivity index (χ3n) is 8.84. The number of ether oxygens (including phenoxy) is 3. The van der Waals surface area contributed by atoms with Crippen molar-refractivity contribution in [2.24, 2.45) is 5.73 Å². The van der Waals surface area contributed by atoms with Gasteiger partial charge in [-0.05, 0) is 113 Å². The van der Waals surface area contributed by atoms with Crippen LogP contribution in [-0.2, 0) is 23.9 Å². The lowest BCUT2D eigenvalue weighted by Gasteiger charge is -2.31. The normalized spacial score (nSPS) is 15.6. The largest absolute Gasteiger partial charge is 0.494 e. The minimum absolute atomic E-state index is 0.00142. The molecule has 58 heavy (non-hydrogen) atoms. The number of halogens is 3. The first-order valence-electron chi connectivity index (χ1n) is 19.8. The van der Waals surface area contributed by atoms with E-state index in [1.807, 2.05) is 57.3 Å². The van der Waals surface area contributed by atoms with Crippen LogP contribution in [0.4, 0.5) is 19.0 Å². The third-order valence-corrected chi connectivity index (χ3v) is 8.84. The Morgan fingerprint density at radius 2 is 1.74 bits per heavy atom. The number of aldehydes is 1. The number of rotatable bonds is 14. The second-order valence-electron chi connectivity index (χ2n) is 13.5. The van der Waals surface area contributed by atoms with Crippen LogP contribution in [0.5, 0.6) is 17.2 Å². The smallest absolute Gasteiger partial charge is 0.434 e. The van der Waals surface area contributed by atoms with Gasteiger partial charge in [-0.15, -0.1) is 5.10 Å². The fourth-order valence-electron chi connectivity index (χ4n) is 5.71. The van der Waals surface area contributed by atoms with Gasteiger partial charge < -0.3 is 35.5 Å². The van der Waals surface area contributed by atoms with E-state index in [2.05, 4.69) is 66.7 Å². The Bertz CT molecular complexity index is 1720. The van der Waals surface area contributed by atoms with Gasteiger partial charge in [0.1, 0.15) is 28.8 Å². The lowest BCUT2D eigenvalue weighted by atomic mass is 10.1. The molecular formula is C42H60F3N9O4. The summed E-state index contributed by atoms with van der Waals surface area (Å²) in [5.74, 6) is 2.68. The van der Waals surface area contributed by atoms with Crippen LogP contribution in [0.25, 0.3) is 0 Å². The van der Waals surface area contributed by atoms with E-state index in [0.717, 1.165) is 93.5 Å². The summed E-state index contributed by atoms with van der Waals surface area (Å²) >= 11 is 0. The number of benzene rings is 2. The van der Waals surface area contributed by atoms with E-state index in [-0.39, 0.29) is 11.9 Å². The summed E-state index contributed by atoms with van der Waals surface area (Å²) in [4.78, 5) is 22.1. The average Bonchev–Trinajstić information content (AvgIpc) is 3.24. The Labute approximate surface area is 340 Å². The second kappa shape index (κ2) is 26.3. The van der Waals surface area contributed by atoms with Gasteiger partial charge >= 0.3 is 6.18 Å². The van der Waals surface area contributed by atoms with Gasteiger partial charge in [0.2, 0.25) is 0 Å². The molecule has 0 radical (unpaired) electrons. The molecule has 1 atom stereocenters. The molecule has 318 valence electrons. The zero-order chi connectivity index (χ0) is 42.2. The van der Waals surface area contributed by atoms with Crippen LogP contribution >= 0.6 is 0 Å². The number of aromatic nitrogens is 4. The number of nitrogens with zero attached hydrogens (tertiary/aromatic N) is 6. The number of anilines is 1. The number of piperazine rings is 1. The SMILES string of the molecule is CC.CN1CCN(Cc2ccc(C=O)nn2)CC1.CNCCCOc1ccc(Oc2ccc(CCN)cc2C)cc1.FC(F)(F)c1cncc(NC2CCCOC2)n1. The molecule has 2 saturated heterocycles. The van der Waals surface area contributed by atoms with Gasteiger partial charge in [-0.3, -0.25) is 14.7 Å². The molecule has 4 aromatic rings. The summed E-state index contributed by atoms with van der Waals surface area (Å²) < 4.78 is 54.0. The first-order chi connectivity index (χ1) is 28.1. The monoisotopic (exact) mass is 811 g/mol. The number of nitrogens with one attached hydrogen (secondary N) is 2. The molecule has 0 spiro atoms. The molecule has 4 heterocycles. The van der Waals surface area contributed by atoms with Gasteiger partial charge in [0, 0.05) is 39.3 Å². The van der Waals surface area contributed by atoms with Crippen molar-refractivity contribution in [2.45, 2.75) is 65.2 Å². The molecule has 2 aliphatic heterocycles. The fourth-order valence-corrected chi connectivity index (χ4v) is 5.71. The summed E-state index contributed by atoms with van der Waals surface area (Å²) in [6.45, 7) is 14.7. The quantitative estimate of drug-likeness (QED) is 0.0949. The molecule has 0 aliphatic carbocycles. The maximum atomic E-state index is 12.4. The summed E-state index contributed by atoms with van der Waals surface area (Å²) in [6.07, 6.45) is 1.87. The van der Waals surface area contributed by atoms with E-state index in [1.54, 1.807) is 6.07 Å². The van der Waals surface area contributed by atoms with Crippen LogP contribution in [0.3, 0.4) is 0 Å². The molecule has 2 aromatic carbocycles. The Morgan fingerprint density at radius 3 is 2.34 bits per heavy atom. The summed E-state index contributed by atoms with van der Waals surface area (Å²) in [7, 11) is 4.08. The lowest BCUT2D eigenvalue weighted by molar-refractivity contribution is -0.141. The van der Waals surface area contributed by atoms with E-state index in [0.29, 0.717) is 44.5 Å². The number of carbonyl (C=O) groups excluding carboxylic acids is 1. The highest BCUT2D eigenvalue weighted by Gasteiger charge is 2.33. The minimum Gasteiger partial charge on any atom is -0.494 e. The van der Waals surface area contributed by atoms with E-state index in [9.17, 15) is 18.0 Å². The maximum absolute atomic E-state index is 12.4. The van der Waals surface area contributed by atoms with E-state index in [1.165, 1.54) is 11.8 Å². The van der Waals surface area contributed by atoms with Crippen molar-refractivity contribution in [3.05, 3.63) is 95.2 Å². The summed E-state index contributed by atoms with van der Waals surface area (Å²) in [5, 5.41) is 13.8. The van der Waals surface area contributed by atoms with Crippen LogP contribution in [0, 0.1) is 6.92 Å². The molecule has 2 aliphatic rings. The van der Waals surface area contributed by atoms with Gasteiger partial charge in [0.15, 0.2) is 12.0 Å². The minimum atomic E-state index is -4.46. The highest BCUT2D eigenvalue weighted by Crippen LogP contribution is 2.29. The average molecular weight is 812 g/mol.